The Kier molecular flexibility index (Phi) is 5.79. The van der Waals surface area contributed by atoms with Crippen LogP contribution in [0.4, 0.5) is 11.5 Å². The van der Waals surface area contributed by atoms with E-state index in [-0.39, 0.29) is 18.2 Å². The third-order valence-corrected chi connectivity index (χ3v) is 5.14. The SMILES string of the molecule is CCN(C(=O)C1CC(=O)N(c2cc(C)ccc2OC)C1)c1ccc(Br)cn1. The van der Waals surface area contributed by atoms with E-state index in [0.29, 0.717) is 30.3 Å². The number of carbonyl (C=O) groups excluding carboxylic acids is 2. The summed E-state index contributed by atoms with van der Waals surface area (Å²) in [5.74, 6) is 0.647. The highest BCUT2D eigenvalue weighted by atomic mass is 79.9. The predicted molar refractivity (Wildman–Crippen MR) is 108 cm³/mol. The highest BCUT2D eigenvalue weighted by Crippen LogP contribution is 2.34. The Morgan fingerprint density at radius 1 is 1.37 bits per heavy atom. The van der Waals surface area contributed by atoms with Gasteiger partial charge in [0.1, 0.15) is 11.6 Å². The van der Waals surface area contributed by atoms with Gasteiger partial charge < -0.3 is 9.64 Å². The minimum Gasteiger partial charge on any atom is -0.495 e. The van der Waals surface area contributed by atoms with Crippen molar-refractivity contribution in [2.45, 2.75) is 20.3 Å². The van der Waals surface area contributed by atoms with Gasteiger partial charge in [-0.25, -0.2) is 4.98 Å². The van der Waals surface area contributed by atoms with Gasteiger partial charge in [-0.05, 0) is 59.6 Å². The van der Waals surface area contributed by atoms with Crippen molar-refractivity contribution in [1.29, 1.82) is 0 Å². The smallest absolute Gasteiger partial charge is 0.233 e. The van der Waals surface area contributed by atoms with E-state index in [0.717, 1.165) is 10.0 Å². The molecular weight excluding hydrogens is 410 g/mol. The number of aromatic nitrogens is 1. The Labute approximate surface area is 167 Å². The molecule has 1 saturated heterocycles. The van der Waals surface area contributed by atoms with Crippen LogP contribution in [0.25, 0.3) is 0 Å². The van der Waals surface area contributed by atoms with Crippen LogP contribution in [0.2, 0.25) is 0 Å². The van der Waals surface area contributed by atoms with E-state index in [9.17, 15) is 9.59 Å². The Morgan fingerprint density at radius 2 is 2.15 bits per heavy atom. The number of aryl methyl sites for hydroxylation is 1. The summed E-state index contributed by atoms with van der Waals surface area (Å²) in [5, 5.41) is 0. The first-order valence-corrected chi connectivity index (χ1v) is 9.61. The molecule has 1 aromatic heterocycles. The van der Waals surface area contributed by atoms with Crippen molar-refractivity contribution in [2.75, 3.05) is 30.0 Å². The van der Waals surface area contributed by atoms with Gasteiger partial charge in [0.2, 0.25) is 11.8 Å². The topological polar surface area (TPSA) is 62.7 Å². The third kappa shape index (κ3) is 3.98. The normalized spacial score (nSPS) is 16.5. The molecule has 0 bridgehead atoms. The van der Waals surface area contributed by atoms with E-state index in [4.69, 9.17) is 4.74 Å². The predicted octanol–water partition coefficient (Wildman–Crippen LogP) is 3.57. The van der Waals surface area contributed by atoms with Crippen molar-refractivity contribution in [3.63, 3.8) is 0 Å². The number of methoxy groups -OCH3 is 1. The molecule has 2 amide bonds. The number of rotatable bonds is 5. The first-order chi connectivity index (χ1) is 12.9. The van der Waals surface area contributed by atoms with E-state index in [2.05, 4.69) is 20.9 Å². The number of pyridine rings is 1. The zero-order valence-corrected chi connectivity index (χ0v) is 17.2. The number of nitrogens with zero attached hydrogens (tertiary/aromatic N) is 3. The molecular formula is C20H22BrN3O3. The summed E-state index contributed by atoms with van der Waals surface area (Å²) < 4.78 is 6.25. The Bertz CT molecular complexity index is 854. The molecule has 2 heterocycles. The highest BCUT2D eigenvalue weighted by molar-refractivity contribution is 9.10. The monoisotopic (exact) mass is 431 g/mol. The van der Waals surface area contributed by atoms with Gasteiger partial charge in [-0.15, -0.1) is 0 Å². The molecule has 2 aromatic rings. The van der Waals surface area contributed by atoms with E-state index in [1.54, 1.807) is 29.2 Å². The van der Waals surface area contributed by atoms with Gasteiger partial charge in [-0.2, -0.15) is 0 Å². The largest absolute Gasteiger partial charge is 0.495 e. The van der Waals surface area contributed by atoms with Crippen LogP contribution in [0.5, 0.6) is 5.75 Å². The fraction of sp³-hybridized carbons (Fsp3) is 0.350. The molecule has 3 rings (SSSR count). The maximum absolute atomic E-state index is 13.1. The highest BCUT2D eigenvalue weighted by Gasteiger charge is 2.38. The maximum atomic E-state index is 13.1. The van der Waals surface area contributed by atoms with Crippen molar-refractivity contribution < 1.29 is 14.3 Å². The Hall–Kier alpha value is -2.41. The molecule has 1 aromatic carbocycles. The lowest BCUT2D eigenvalue weighted by molar-refractivity contribution is -0.124. The average Bonchev–Trinajstić information content (AvgIpc) is 3.05. The first-order valence-electron chi connectivity index (χ1n) is 8.82. The lowest BCUT2D eigenvalue weighted by Gasteiger charge is -2.24. The summed E-state index contributed by atoms with van der Waals surface area (Å²) in [5.41, 5.74) is 1.74. The molecule has 142 valence electrons. The average molecular weight is 432 g/mol. The number of benzene rings is 1. The van der Waals surface area contributed by atoms with Crippen molar-refractivity contribution >= 4 is 39.2 Å². The number of anilines is 2. The summed E-state index contributed by atoms with van der Waals surface area (Å²) in [7, 11) is 1.58. The molecule has 1 atom stereocenters. The molecule has 1 aliphatic heterocycles. The zero-order chi connectivity index (χ0) is 19.6. The van der Waals surface area contributed by atoms with E-state index < -0.39 is 5.92 Å². The first kappa shape index (κ1) is 19.4. The minimum absolute atomic E-state index is 0.0722. The summed E-state index contributed by atoms with van der Waals surface area (Å²) in [4.78, 5) is 33.3. The van der Waals surface area contributed by atoms with Crippen molar-refractivity contribution in [3.05, 3.63) is 46.6 Å². The molecule has 1 unspecified atom stereocenters. The standard InChI is InChI=1S/C20H22BrN3O3/c1-4-23(18-8-6-15(21)11-22-18)20(26)14-10-19(25)24(12-14)16-9-13(2)5-7-17(16)27-3/h5-9,11,14H,4,10,12H2,1-3H3. The number of carbonyl (C=O) groups is 2. The third-order valence-electron chi connectivity index (χ3n) is 4.67. The Morgan fingerprint density at radius 3 is 2.78 bits per heavy atom. The second-order valence-corrected chi connectivity index (χ2v) is 7.41. The van der Waals surface area contributed by atoms with Crippen LogP contribution in [-0.4, -0.2) is 37.0 Å². The van der Waals surface area contributed by atoms with Gasteiger partial charge in [0, 0.05) is 30.2 Å². The van der Waals surface area contributed by atoms with E-state index in [1.807, 2.05) is 38.1 Å². The van der Waals surface area contributed by atoms with Crippen molar-refractivity contribution in [1.82, 2.24) is 4.98 Å². The Balaban J connectivity index is 1.83. The summed E-state index contributed by atoms with van der Waals surface area (Å²) >= 11 is 3.35. The van der Waals surface area contributed by atoms with Crippen LogP contribution in [0.3, 0.4) is 0 Å². The molecule has 0 N–H and O–H groups in total. The molecule has 27 heavy (non-hydrogen) atoms. The number of halogens is 1. The van der Waals surface area contributed by atoms with Gasteiger partial charge in [-0.3, -0.25) is 14.5 Å². The number of ether oxygens (including phenoxy) is 1. The van der Waals surface area contributed by atoms with Crippen LogP contribution >= 0.6 is 15.9 Å². The lowest BCUT2D eigenvalue weighted by atomic mass is 10.1. The number of hydrogen-bond acceptors (Lipinski definition) is 4. The quantitative estimate of drug-likeness (QED) is 0.725. The van der Waals surface area contributed by atoms with Crippen LogP contribution in [0.1, 0.15) is 18.9 Å². The summed E-state index contributed by atoms with van der Waals surface area (Å²) in [6, 6.07) is 9.34. The molecule has 0 aliphatic carbocycles. The number of hydrogen-bond donors (Lipinski definition) is 0. The molecule has 1 aliphatic rings. The number of amides is 2. The van der Waals surface area contributed by atoms with Gasteiger partial charge in [0.15, 0.2) is 0 Å². The van der Waals surface area contributed by atoms with Crippen molar-refractivity contribution in [3.8, 4) is 5.75 Å². The molecule has 0 saturated carbocycles. The second-order valence-electron chi connectivity index (χ2n) is 6.50. The molecule has 7 heteroatoms. The lowest BCUT2D eigenvalue weighted by Crippen LogP contribution is -2.38. The van der Waals surface area contributed by atoms with Crippen LogP contribution in [0.15, 0.2) is 41.0 Å². The van der Waals surface area contributed by atoms with Gasteiger partial charge in [-0.1, -0.05) is 6.07 Å². The van der Waals surface area contributed by atoms with Gasteiger partial charge in [0.25, 0.3) is 0 Å². The fourth-order valence-corrected chi connectivity index (χ4v) is 3.53. The maximum Gasteiger partial charge on any atom is 0.233 e. The molecule has 0 radical (unpaired) electrons. The second kappa shape index (κ2) is 8.08. The van der Waals surface area contributed by atoms with Crippen LogP contribution in [0, 0.1) is 12.8 Å². The fourth-order valence-electron chi connectivity index (χ4n) is 3.30. The summed E-state index contributed by atoms with van der Waals surface area (Å²) in [6.07, 6.45) is 1.85. The van der Waals surface area contributed by atoms with E-state index >= 15 is 0 Å². The van der Waals surface area contributed by atoms with Gasteiger partial charge >= 0.3 is 0 Å². The molecule has 0 spiro atoms. The van der Waals surface area contributed by atoms with Crippen LogP contribution < -0.4 is 14.5 Å². The van der Waals surface area contributed by atoms with Gasteiger partial charge in [0.05, 0.1) is 18.7 Å². The van der Waals surface area contributed by atoms with Crippen LogP contribution in [-0.2, 0) is 9.59 Å². The molecule has 1 fully saturated rings. The van der Waals surface area contributed by atoms with E-state index in [1.165, 1.54) is 0 Å². The zero-order valence-electron chi connectivity index (χ0n) is 15.6. The minimum atomic E-state index is -0.409. The molecule has 6 nitrogen and oxygen atoms in total. The van der Waals surface area contributed by atoms with Crippen molar-refractivity contribution in [2.24, 2.45) is 5.92 Å². The summed E-state index contributed by atoms with van der Waals surface area (Å²) in [6.45, 7) is 4.69.